The molecular weight excluding hydrogens is 220 g/mol. The SMILES string of the molecule is OCC1COCCN1c1noc2ccccc12. The number of anilines is 1. The van der Waals surface area contributed by atoms with E-state index in [0.717, 1.165) is 23.3 Å². The molecule has 90 valence electrons. The van der Waals surface area contributed by atoms with Crippen molar-refractivity contribution < 1.29 is 14.4 Å². The molecule has 1 saturated heterocycles. The van der Waals surface area contributed by atoms with Gasteiger partial charge < -0.3 is 19.3 Å². The fourth-order valence-corrected chi connectivity index (χ4v) is 2.16. The summed E-state index contributed by atoms with van der Waals surface area (Å²) >= 11 is 0. The summed E-state index contributed by atoms with van der Waals surface area (Å²) in [6, 6.07) is 7.69. The van der Waals surface area contributed by atoms with Gasteiger partial charge in [-0.05, 0) is 12.1 Å². The van der Waals surface area contributed by atoms with E-state index in [0.29, 0.717) is 13.2 Å². The van der Waals surface area contributed by atoms with Crippen LogP contribution >= 0.6 is 0 Å². The summed E-state index contributed by atoms with van der Waals surface area (Å²) in [6.45, 7) is 1.96. The third kappa shape index (κ3) is 1.77. The summed E-state index contributed by atoms with van der Waals surface area (Å²) in [7, 11) is 0. The van der Waals surface area contributed by atoms with Crippen LogP contribution < -0.4 is 4.90 Å². The van der Waals surface area contributed by atoms with Gasteiger partial charge in [0, 0.05) is 6.54 Å². The van der Waals surface area contributed by atoms with E-state index in [1.54, 1.807) is 0 Å². The Morgan fingerprint density at radius 2 is 2.29 bits per heavy atom. The van der Waals surface area contributed by atoms with Crippen molar-refractivity contribution in [3.8, 4) is 0 Å². The van der Waals surface area contributed by atoms with Gasteiger partial charge in [0.1, 0.15) is 0 Å². The fraction of sp³-hybridized carbons (Fsp3) is 0.417. The number of aromatic nitrogens is 1. The van der Waals surface area contributed by atoms with Gasteiger partial charge in [-0.25, -0.2) is 0 Å². The largest absolute Gasteiger partial charge is 0.394 e. The van der Waals surface area contributed by atoms with Gasteiger partial charge in [-0.2, -0.15) is 0 Å². The van der Waals surface area contributed by atoms with Crippen LogP contribution in [-0.4, -0.2) is 42.7 Å². The number of fused-ring (bicyclic) bond motifs is 1. The fourth-order valence-electron chi connectivity index (χ4n) is 2.16. The van der Waals surface area contributed by atoms with Crippen LogP contribution in [0.1, 0.15) is 0 Å². The van der Waals surface area contributed by atoms with Crippen molar-refractivity contribution in [3.63, 3.8) is 0 Å². The van der Waals surface area contributed by atoms with Crippen LogP contribution in [0.4, 0.5) is 5.82 Å². The first-order chi connectivity index (χ1) is 8.40. The van der Waals surface area contributed by atoms with E-state index in [9.17, 15) is 5.11 Å². The van der Waals surface area contributed by atoms with Crippen molar-refractivity contribution in [2.45, 2.75) is 6.04 Å². The second-order valence-electron chi connectivity index (χ2n) is 4.11. The zero-order valence-electron chi connectivity index (χ0n) is 9.37. The Kier molecular flexibility index (Phi) is 2.70. The minimum absolute atomic E-state index is 0.0442. The standard InChI is InChI=1S/C12H14N2O3/c15-7-9-8-16-6-5-14(9)12-10-3-1-2-4-11(10)17-13-12/h1-4,9,15H,5-8H2. The van der Waals surface area contributed by atoms with Crippen LogP contribution in [0.3, 0.4) is 0 Å². The molecule has 0 saturated carbocycles. The third-order valence-corrected chi connectivity index (χ3v) is 3.07. The van der Waals surface area contributed by atoms with Crippen LogP contribution in [0.5, 0.6) is 0 Å². The van der Waals surface area contributed by atoms with Gasteiger partial charge in [0.2, 0.25) is 0 Å². The molecule has 3 rings (SSSR count). The van der Waals surface area contributed by atoms with E-state index < -0.39 is 0 Å². The highest BCUT2D eigenvalue weighted by molar-refractivity contribution is 5.88. The monoisotopic (exact) mass is 234 g/mol. The van der Waals surface area contributed by atoms with Crippen molar-refractivity contribution in [1.29, 1.82) is 0 Å². The highest BCUT2D eigenvalue weighted by Gasteiger charge is 2.26. The van der Waals surface area contributed by atoms with Gasteiger partial charge in [0.25, 0.3) is 0 Å². The van der Waals surface area contributed by atoms with E-state index in [-0.39, 0.29) is 12.6 Å². The summed E-state index contributed by atoms with van der Waals surface area (Å²) in [5.74, 6) is 0.794. The number of morpholine rings is 1. The molecule has 1 N–H and O–H groups in total. The highest BCUT2D eigenvalue weighted by Crippen LogP contribution is 2.27. The van der Waals surface area contributed by atoms with Crippen molar-refractivity contribution in [1.82, 2.24) is 5.16 Å². The number of aliphatic hydroxyl groups excluding tert-OH is 1. The predicted octanol–water partition coefficient (Wildman–Crippen LogP) is 1.03. The Labute approximate surface area is 98.6 Å². The van der Waals surface area contributed by atoms with Gasteiger partial charge >= 0.3 is 0 Å². The molecule has 1 fully saturated rings. The third-order valence-electron chi connectivity index (χ3n) is 3.07. The molecule has 0 radical (unpaired) electrons. The van der Waals surface area contributed by atoms with Gasteiger partial charge in [-0.1, -0.05) is 17.3 Å². The molecule has 0 bridgehead atoms. The molecule has 0 aliphatic carbocycles. The molecule has 1 aliphatic heterocycles. The Bertz CT molecular complexity index is 511. The number of rotatable bonds is 2. The lowest BCUT2D eigenvalue weighted by atomic mass is 10.2. The molecule has 1 aromatic heterocycles. The number of benzene rings is 1. The van der Waals surface area contributed by atoms with Crippen molar-refractivity contribution in [2.75, 3.05) is 31.3 Å². The number of aliphatic hydroxyl groups is 1. The maximum atomic E-state index is 9.35. The predicted molar refractivity (Wildman–Crippen MR) is 63.0 cm³/mol. The molecule has 0 amide bonds. The number of para-hydroxylation sites is 1. The molecule has 1 unspecified atom stereocenters. The average molecular weight is 234 g/mol. The quantitative estimate of drug-likeness (QED) is 0.840. The molecular formula is C12H14N2O3. The molecule has 5 heteroatoms. The van der Waals surface area contributed by atoms with Crippen LogP contribution in [0, 0.1) is 0 Å². The number of ether oxygens (including phenoxy) is 1. The van der Waals surface area contributed by atoms with E-state index in [4.69, 9.17) is 9.26 Å². The average Bonchev–Trinajstić information content (AvgIpc) is 2.82. The van der Waals surface area contributed by atoms with Gasteiger partial charge in [-0.15, -0.1) is 0 Å². The molecule has 17 heavy (non-hydrogen) atoms. The number of hydrogen-bond donors (Lipinski definition) is 1. The molecule has 0 spiro atoms. The minimum Gasteiger partial charge on any atom is -0.394 e. The Morgan fingerprint density at radius 1 is 1.41 bits per heavy atom. The highest BCUT2D eigenvalue weighted by atomic mass is 16.5. The van der Waals surface area contributed by atoms with Crippen molar-refractivity contribution >= 4 is 16.8 Å². The maximum Gasteiger partial charge on any atom is 0.180 e. The normalized spacial score (nSPS) is 21.0. The first kappa shape index (κ1) is 10.6. The molecule has 5 nitrogen and oxygen atoms in total. The molecule has 1 atom stereocenters. The molecule has 2 aromatic rings. The maximum absolute atomic E-state index is 9.35. The summed E-state index contributed by atoms with van der Waals surface area (Å²) in [6.07, 6.45) is 0. The summed E-state index contributed by atoms with van der Waals surface area (Å²) in [5.41, 5.74) is 0.769. The van der Waals surface area contributed by atoms with Crippen LogP contribution in [0.15, 0.2) is 28.8 Å². The van der Waals surface area contributed by atoms with E-state index >= 15 is 0 Å². The first-order valence-electron chi connectivity index (χ1n) is 5.70. The minimum atomic E-state index is -0.0442. The lowest BCUT2D eigenvalue weighted by Gasteiger charge is -2.34. The van der Waals surface area contributed by atoms with Gasteiger partial charge in [0.15, 0.2) is 11.4 Å². The second-order valence-corrected chi connectivity index (χ2v) is 4.11. The van der Waals surface area contributed by atoms with E-state index in [1.165, 1.54) is 0 Å². The number of nitrogens with zero attached hydrogens (tertiary/aromatic N) is 2. The van der Waals surface area contributed by atoms with E-state index in [2.05, 4.69) is 10.1 Å². The summed E-state index contributed by atoms with van der Waals surface area (Å²) in [5, 5.41) is 14.4. The zero-order valence-corrected chi connectivity index (χ0v) is 9.37. The Morgan fingerprint density at radius 3 is 3.18 bits per heavy atom. The molecule has 1 aromatic carbocycles. The van der Waals surface area contributed by atoms with Crippen LogP contribution in [0.2, 0.25) is 0 Å². The van der Waals surface area contributed by atoms with E-state index in [1.807, 2.05) is 24.3 Å². The number of hydrogen-bond acceptors (Lipinski definition) is 5. The van der Waals surface area contributed by atoms with Crippen LogP contribution in [-0.2, 0) is 4.74 Å². The zero-order chi connectivity index (χ0) is 11.7. The molecule has 2 heterocycles. The lowest BCUT2D eigenvalue weighted by molar-refractivity contribution is 0.0721. The Balaban J connectivity index is 2.01. The first-order valence-corrected chi connectivity index (χ1v) is 5.70. The smallest absolute Gasteiger partial charge is 0.180 e. The lowest BCUT2D eigenvalue weighted by Crippen LogP contribution is -2.47. The topological polar surface area (TPSA) is 58.7 Å². The van der Waals surface area contributed by atoms with Gasteiger partial charge in [-0.3, -0.25) is 0 Å². The summed E-state index contributed by atoms with van der Waals surface area (Å²) in [4.78, 5) is 2.05. The van der Waals surface area contributed by atoms with Crippen LogP contribution in [0.25, 0.3) is 11.0 Å². The van der Waals surface area contributed by atoms with Crippen molar-refractivity contribution in [2.24, 2.45) is 0 Å². The Hall–Kier alpha value is -1.59. The second kappa shape index (κ2) is 4.35. The van der Waals surface area contributed by atoms with Gasteiger partial charge in [0.05, 0.1) is 31.2 Å². The molecule has 1 aliphatic rings. The van der Waals surface area contributed by atoms with Crippen molar-refractivity contribution in [3.05, 3.63) is 24.3 Å². The summed E-state index contributed by atoms with van der Waals surface area (Å²) < 4.78 is 10.6.